The van der Waals surface area contributed by atoms with E-state index in [1.165, 1.54) is 0 Å². The van der Waals surface area contributed by atoms with Crippen LogP contribution in [-0.2, 0) is 10.8 Å². The van der Waals surface area contributed by atoms with Crippen molar-refractivity contribution in [3.8, 4) is 5.75 Å². The fourth-order valence-corrected chi connectivity index (χ4v) is 2.52. The molecule has 1 rings (SSSR count). The summed E-state index contributed by atoms with van der Waals surface area (Å²) in [6.07, 6.45) is 0.927. The molecule has 0 fully saturated rings. The number of ether oxygens (including phenoxy) is 1. The fraction of sp³-hybridized carbons (Fsp3) is 0.538. The fourth-order valence-electron chi connectivity index (χ4n) is 1.44. The molecule has 0 aliphatic carbocycles. The summed E-state index contributed by atoms with van der Waals surface area (Å²) in [4.78, 5) is 0.871. The molecule has 0 spiro atoms. The summed E-state index contributed by atoms with van der Waals surface area (Å²) >= 11 is 0. The highest BCUT2D eigenvalue weighted by Gasteiger charge is 2.03. The van der Waals surface area contributed by atoms with Crippen LogP contribution in [0.4, 0.5) is 0 Å². The number of hydrogen-bond acceptors (Lipinski definition) is 3. The molecule has 17 heavy (non-hydrogen) atoms. The molecule has 0 amide bonds. The SMILES string of the molecule is COc1ccc(S(=O)CCCNC(C)C)cc1. The van der Waals surface area contributed by atoms with Crippen molar-refractivity contribution in [2.75, 3.05) is 19.4 Å². The van der Waals surface area contributed by atoms with Crippen molar-refractivity contribution in [1.29, 1.82) is 0 Å². The quantitative estimate of drug-likeness (QED) is 0.759. The lowest BCUT2D eigenvalue weighted by Gasteiger charge is -2.07. The van der Waals surface area contributed by atoms with E-state index in [0.29, 0.717) is 11.8 Å². The molecular weight excluding hydrogens is 234 g/mol. The second kappa shape index (κ2) is 7.45. The van der Waals surface area contributed by atoms with Crippen LogP contribution >= 0.6 is 0 Å². The van der Waals surface area contributed by atoms with Crippen LogP contribution in [0.1, 0.15) is 20.3 Å². The molecular formula is C13H21NO2S. The zero-order chi connectivity index (χ0) is 12.7. The second-order valence-corrected chi connectivity index (χ2v) is 5.76. The first-order valence-electron chi connectivity index (χ1n) is 5.89. The molecule has 3 nitrogen and oxygen atoms in total. The van der Waals surface area contributed by atoms with Crippen LogP contribution in [0.25, 0.3) is 0 Å². The molecule has 0 saturated heterocycles. The van der Waals surface area contributed by atoms with Gasteiger partial charge in [0, 0.05) is 16.7 Å². The Balaban J connectivity index is 2.36. The van der Waals surface area contributed by atoms with Crippen molar-refractivity contribution < 1.29 is 8.95 Å². The average Bonchev–Trinajstić information content (AvgIpc) is 2.34. The predicted octanol–water partition coefficient (Wildman–Crippen LogP) is 2.19. The van der Waals surface area contributed by atoms with Crippen molar-refractivity contribution in [2.45, 2.75) is 31.2 Å². The van der Waals surface area contributed by atoms with E-state index in [-0.39, 0.29) is 0 Å². The van der Waals surface area contributed by atoms with Gasteiger partial charge in [-0.15, -0.1) is 0 Å². The summed E-state index contributed by atoms with van der Waals surface area (Å²) in [6.45, 7) is 5.14. The second-order valence-electron chi connectivity index (χ2n) is 4.19. The molecule has 0 aromatic heterocycles. The molecule has 0 aliphatic heterocycles. The topological polar surface area (TPSA) is 38.3 Å². The lowest BCUT2D eigenvalue weighted by Crippen LogP contribution is -2.24. The number of nitrogens with one attached hydrogen (secondary N) is 1. The highest BCUT2D eigenvalue weighted by atomic mass is 32.2. The Hall–Kier alpha value is -0.870. The van der Waals surface area contributed by atoms with Gasteiger partial charge in [-0.2, -0.15) is 0 Å². The van der Waals surface area contributed by atoms with E-state index in [1.54, 1.807) is 7.11 Å². The van der Waals surface area contributed by atoms with Crippen LogP contribution in [0.3, 0.4) is 0 Å². The third kappa shape index (κ3) is 5.33. The molecule has 0 radical (unpaired) electrons. The first kappa shape index (κ1) is 14.2. The van der Waals surface area contributed by atoms with Gasteiger partial charge in [-0.3, -0.25) is 4.21 Å². The van der Waals surface area contributed by atoms with Crippen molar-refractivity contribution >= 4 is 10.8 Å². The van der Waals surface area contributed by atoms with Gasteiger partial charge in [0.25, 0.3) is 0 Å². The van der Waals surface area contributed by atoms with Gasteiger partial charge in [0.1, 0.15) is 5.75 Å². The number of benzene rings is 1. The van der Waals surface area contributed by atoms with Crippen LogP contribution in [0.5, 0.6) is 5.75 Å². The minimum atomic E-state index is -0.904. The predicted molar refractivity (Wildman–Crippen MR) is 72.0 cm³/mol. The lowest BCUT2D eigenvalue weighted by atomic mass is 10.3. The Morgan fingerprint density at radius 2 is 1.94 bits per heavy atom. The molecule has 0 bridgehead atoms. The highest BCUT2D eigenvalue weighted by Crippen LogP contribution is 2.14. The van der Waals surface area contributed by atoms with E-state index in [9.17, 15) is 4.21 Å². The molecule has 1 aromatic carbocycles. The molecule has 1 atom stereocenters. The first-order valence-corrected chi connectivity index (χ1v) is 7.21. The minimum absolute atomic E-state index is 0.490. The number of hydrogen-bond donors (Lipinski definition) is 1. The Morgan fingerprint density at radius 3 is 2.47 bits per heavy atom. The summed E-state index contributed by atoms with van der Waals surface area (Å²) in [6, 6.07) is 7.92. The maximum atomic E-state index is 11.9. The molecule has 0 heterocycles. The third-order valence-electron chi connectivity index (χ3n) is 2.38. The zero-order valence-electron chi connectivity index (χ0n) is 10.7. The summed E-state index contributed by atoms with van der Waals surface area (Å²) in [5, 5.41) is 3.32. The molecule has 0 aliphatic rings. The van der Waals surface area contributed by atoms with E-state index in [1.807, 2.05) is 24.3 Å². The van der Waals surface area contributed by atoms with E-state index in [2.05, 4.69) is 19.2 Å². The summed E-state index contributed by atoms with van der Waals surface area (Å²) in [7, 11) is 0.725. The van der Waals surface area contributed by atoms with Crippen LogP contribution in [0.15, 0.2) is 29.2 Å². The van der Waals surface area contributed by atoms with Crippen LogP contribution in [0, 0.1) is 0 Å². The van der Waals surface area contributed by atoms with Gasteiger partial charge in [0.2, 0.25) is 0 Å². The van der Waals surface area contributed by atoms with E-state index >= 15 is 0 Å². The largest absolute Gasteiger partial charge is 0.497 e. The van der Waals surface area contributed by atoms with Gasteiger partial charge in [0.15, 0.2) is 0 Å². The highest BCUT2D eigenvalue weighted by molar-refractivity contribution is 7.85. The molecule has 1 N–H and O–H groups in total. The van der Waals surface area contributed by atoms with Gasteiger partial charge in [-0.05, 0) is 37.2 Å². The molecule has 1 aromatic rings. The summed E-state index contributed by atoms with van der Waals surface area (Å²) in [5.41, 5.74) is 0. The zero-order valence-corrected chi connectivity index (χ0v) is 11.5. The average molecular weight is 255 g/mol. The van der Waals surface area contributed by atoms with Crippen LogP contribution in [-0.4, -0.2) is 29.7 Å². The van der Waals surface area contributed by atoms with E-state index in [0.717, 1.165) is 23.6 Å². The normalized spacial score (nSPS) is 12.7. The van der Waals surface area contributed by atoms with Gasteiger partial charge < -0.3 is 10.1 Å². The summed E-state index contributed by atoms with van der Waals surface area (Å²) in [5.74, 6) is 1.50. The Kier molecular flexibility index (Phi) is 6.22. The standard InChI is InChI=1S/C13H21NO2S/c1-11(2)14-9-4-10-17(15)13-7-5-12(16-3)6-8-13/h5-8,11,14H,4,9-10H2,1-3H3. The maximum Gasteiger partial charge on any atom is 0.118 e. The Morgan fingerprint density at radius 1 is 1.29 bits per heavy atom. The number of methoxy groups -OCH3 is 1. The Labute approximate surface area is 106 Å². The van der Waals surface area contributed by atoms with Gasteiger partial charge in [0.05, 0.1) is 17.9 Å². The van der Waals surface area contributed by atoms with Crippen LogP contribution < -0.4 is 10.1 Å². The molecule has 0 saturated carbocycles. The summed E-state index contributed by atoms with van der Waals surface area (Å²) < 4.78 is 17.0. The lowest BCUT2D eigenvalue weighted by molar-refractivity contribution is 0.414. The molecule has 4 heteroatoms. The smallest absolute Gasteiger partial charge is 0.118 e. The third-order valence-corrected chi connectivity index (χ3v) is 3.84. The van der Waals surface area contributed by atoms with Crippen LogP contribution in [0.2, 0.25) is 0 Å². The van der Waals surface area contributed by atoms with Crippen molar-refractivity contribution in [1.82, 2.24) is 5.32 Å². The maximum absolute atomic E-state index is 11.9. The molecule has 96 valence electrons. The van der Waals surface area contributed by atoms with Gasteiger partial charge >= 0.3 is 0 Å². The first-order chi connectivity index (χ1) is 8.13. The van der Waals surface area contributed by atoms with Gasteiger partial charge in [-0.1, -0.05) is 13.8 Å². The molecule has 1 unspecified atom stereocenters. The van der Waals surface area contributed by atoms with E-state index < -0.39 is 10.8 Å². The number of rotatable bonds is 7. The van der Waals surface area contributed by atoms with Crippen molar-refractivity contribution in [2.24, 2.45) is 0 Å². The van der Waals surface area contributed by atoms with Crippen molar-refractivity contribution in [3.05, 3.63) is 24.3 Å². The monoisotopic (exact) mass is 255 g/mol. The Bertz CT molecular complexity index is 349. The van der Waals surface area contributed by atoms with Gasteiger partial charge in [-0.25, -0.2) is 0 Å². The van der Waals surface area contributed by atoms with E-state index in [4.69, 9.17) is 4.74 Å². The minimum Gasteiger partial charge on any atom is -0.497 e. The van der Waals surface area contributed by atoms with Crippen molar-refractivity contribution in [3.63, 3.8) is 0 Å².